The van der Waals surface area contributed by atoms with Crippen LogP contribution in [0.5, 0.6) is 11.6 Å². The lowest BCUT2D eigenvalue weighted by molar-refractivity contribution is 0.455. The van der Waals surface area contributed by atoms with Gasteiger partial charge in [0.2, 0.25) is 15.9 Å². The smallest absolute Gasteiger partial charge is 0.224 e. The lowest BCUT2D eigenvalue weighted by Gasteiger charge is -2.07. The SMILES string of the molecule is CSc1nc(C#N)cc(Oc2ccc(CS(N)(=O)=O)cc2)n1. The first-order chi connectivity index (χ1) is 10.4. The minimum Gasteiger partial charge on any atom is -0.439 e. The van der Waals surface area contributed by atoms with Crippen molar-refractivity contribution in [2.75, 3.05) is 6.26 Å². The molecule has 0 atom stereocenters. The van der Waals surface area contributed by atoms with Gasteiger partial charge < -0.3 is 4.74 Å². The predicted octanol–water partition coefficient (Wildman–Crippen LogP) is 1.65. The minimum atomic E-state index is -3.57. The van der Waals surface area contributed by atoms with E-state index in [4.69, 9.17) is 15.1 Å². The Labute approximate surface area is 132 Å². The number of nitrogens with zero attached hydrogens (tertiary/aromatic N) is 3. The second-order valence-electron chi connectivity index (χ2n) is 4.24. The van der Waals surface area contributed by atoms with E-state index in [-0.39, 0.29) is 17.3 Å². The van der Waals surface area contributed by atoms with Crippen molar-refractivity contribution in [2.24, 2.45) is 5.14 Å². The molecule has 22 heavy (non-hydrogen) atoms. The fourth-order valence-electron chi connectivity index (χ4n) is 1.61. The molecule has 7 nitrogen and oxygen atoms in total. The topological polar surface area (TPSA) is 119 Å². The number of hydrogen-bond donors (Lipinski definition) is 1. The van der Waals surface area contributed by atoms with E-state index >= 15 is 0 Å². The maximum atomic E-state index is 11.0. The summed E-state index contributed by atoms with van der Waals surface area (Å²) in [6, 6.07) is 9.77. The highest BCUT2D eigenvalue weighted by Gasteiger charge is 2.08. The third kappa shape index (κ3) is 4.70. The Morgan fingerprint density at radius 1 is 1.32 bits per heavy atom. The van der Waals surface area contributed by atoms with Crippen LogP contribution in [0.3, 0.4) is 0 Å². The van der Waals surface area contributed by atoms with Gasteiger partial charge in [-0.1, -0.05) is 23.9 Å². The van der Waals surface area contributed by atoms with E-state index in [1.165, 1.54) is 17.8 Å². The molecule has 2 N–H and O–H groups in total. The fraction of sp³-hybridized carbons (Fsp3) is 0.154. The van der Waals surface area contributed by atoms with Gasteiger partial charge in [-0.15, -0.1) is 0 Å². The van der Waals surface area contributed by atoms with Gasteiger partial charge >= 0.3 is 0 Å². The van der Waals surface area contributed by atoms with Crippen molar-refractivity contribution in [3.8, 4) is 17.7 Å². The first kappa shape index (κ1) is 16.2. The lowest BCUT2D eigenvalue weighted by Crippen LogP contribution is -2.14. The summed E-state index contributed by atoms with van der Waals surface area (Å²) in [5.74, 6) is 0.471. The van der Waals surface area contributed by atoms with Gasteiger partial charge in [0, 0.05) is 6.07 Å². The zero-order valence-corrected chi connectivity index (χ0v) is 13.2. The summed E-state index contributed by atoms with van der Waals surface area (Å²) in [6.07, 6.45) is 1.79. The number of aromatic nitrogens is 2. The Hall–Kier alpha value is -2.15. The number of rotatable bonds is 5. The van der Waals surface area contributed by atoms with Gasteiger partial charge in [0.1, 0.15) is 17.5 Å². The maximum absolute atomic E-state index is 11.0. The molecule has 1 aromatic carbocycles. The highest BCUT2D eigenvalue weighted by atomic mass is 32.2. The second-order valence-corrected chi connectivity index (χ2v) is 6.63. The zero-order valence-electron chi connectivity index (χ0n) is 11.6. The molecule has 9 heteroatoms. The van der Waals surface area contributed by atoms with Gasteiger partial charge in [0.05, 0.1) is 5.75 Å². The Bertz CT molecular complexity index is 814. The van der Waals surface area contributed by atoms with Gasteiger partial charge in [-0.3, -0.25) is 0 Å². The molecule has 0 unspecified atom stereocenters. The molecule has 0 saturated carbocycles. The van der Waals surface area contributed by atoms with E-state index in [9.17, 15) is 8.42 Å². The second kappa shape index (κ2) is 6.74. The fourth-order valence-corrected chi connectivity index (χ4v) is 2.64. The molecule has 2 rings (SSSR count). The Morgan fingerprint density at radius 2 is 2.00 bits per heavy atom. The first-order valence-corrected chi connectivity index (χ1v) is 8.94. The monoisotopic (exact) mass is 336 g/mol. The minimum absolute atomic E-state index is 0.209. The van der Waals surface area contributed by atoms with Crippen molar-refractivity contribution < 1.29 is 13.2 Å². The van der Waals surface area contributed by atoms with Crippen molar-refractivity contribution in [1.29, 1.82) is 5.26 Å². The molecule has 1 heterocycles. The van der Waals surface area contributed by atoms with Crippen molar-refractivity contribution in [1.82, 2.24) is 9.97 Å². The van der Waals surface area contributed by atoms with Gasteiger partial charge in [0.25, 0.3) is 0 Å². The molecule has 0 aliphatic heterocycles. The van der Waals surface area contributed by atoms with Crippen molar-refractivity contribution in [3.05, 3.63) is 41.6 Å². The molecule has 0 aliphatic carbocycles. The van der Waals surface area contributed by atoms with Crippen LogP contribution < -0.4 is 9.88 Å². The van der Waals surface area contributed by atoms with Crippen LogP contribution in [0.2, 0.25) is 0 Å². The number of sulfonamides is 1. The third-order valence-electron chi connectivity index (χ3n) is 2.49. The molecule has 114 valence electrons. The first-order valence-electron chi connectivity index (χ1n) is 6.00. The van der Waals surface area contributed by atoms with Crippen LogP contribution in [0.1, 0.15) is 11.3 Å². The third-order valence-corrected chi connectivity index (χ3v) is 3.78. The van der Waals surface area contributed by atoms with E-state index < -0.39 is 10.0 Å². The van der Waals surface area contributed by atoms with Crippen LogP contribution in [-0.4, -0.2) is 24.6 Å². The molecule has 0 radical (unpaired) electrons. The summed E-state index contributed by atoms with van der Waals surface area (Å²) in [7, 11) is -3.57. The molecular formula is C13H12N4O3S2. The summed E-state index contributed by atoms with van der Waals surface area (Å²) in [5, 5.41) is 14.3. The van der Waals surface area contributed by atoms with Crippen LogP contribution in [0.25, 0.3) is 0 Å². The number of nitrogens with two attached hydrogens (primary N) is 1. The van der Waals surface area contributed by atoms with Crippen molar-refractivity contribution in [3.63, 3.8) is 0 Å². The number of ether oxygens (including phenoxy) is 1. The van der Waals surface area contributed by atoms with Gasteiger partial charge in [-0.2, -0.15) is 10.2 Å². The summed E-state index contributed by atoms with van der Waals surface area (Å²) in [4.78, 5) is 8.14. The Balaban J connectivity index is 2.19. The molecule has 0 amide bonds. The highest BCUT2D eigenvalue weighted by Crippen LogP contribution is 2.22. The molecule has 0 aliphatic rings. The molecule has 2 aromatic rings. The van der Waals surface area contributed by atoms with E-state index in [1.54, 1.807) is 30.5 Å². The molecule has 1 aromatic heterocycles. The summed E-state index contributed by atoms with van der Waals surface area (Å²) in [6.45, 7) is 0. The number of thioether (sulfide) groups is 1. The molecular weight excluding hydrogens is 324 g/mol. The zero-order chi connectivity index (χ0) is 16.2. The van der Waals surface area contributed by atoms with E-state index in [2.05, 4.69) is 9.97 Å². The largest absolute Gasteiger partial charge is 0.439 e. The quantitative estimate of drug-likeness (QED) is 0.651. The van der Waals surface area contributed by atoms with Crippen LogP contribution in [0.15, 0.2) is 35.5 Å². The van der Waals surface area contributed by atoms with Gasteiger partial charge in [-0.05, 0) is 24.0 Å². The maximum Gasteiger partial charge on any atom is 0.224 e. The number of benzene rings is 1. The molecule has 0 bridgehead atoms. The van der Waals surface area contributed by atoms with Crippen LogP contribution in [0, 0.1) is 11.3 Å². The lowest BCUT2D eigenvalue weighted by atomic mass is 10.2. The molecule has 0 spiro atoms. The van der Waals surface area contributed by atoms with Gasteiger partial charge in [-0.25, -0.2) is 18.5 Å². The number of primary sulfonamides is 1. The van der Waals surface area contributed by atoms with E-state index in [0.29, 0.717) is 16.5 Å². The van der Waals surface area contributed by atoms with E-state index in [0.717, 1.165) is 0 Å². The summed E-state index contributed by atoms with van der Waals surface area (Å²) >= 11 is 1.30. The van der Waals surface area contributed by atoms with E-state index in [1.807, 2.05) is 6.07 Å². The summed E-state index contributed by atoms with van der Waals surface area (Å²) < 4.78 is 27.6. The number of hydrogen-bond acceptors (Lipinski definition) is 7. The normalized spacial score (nSPS) is 11.0. The van der Waals surface area contributed by atoms with Crippen molar-refractivity contribution >= 4 is 21.8 Å². The van der Waals surface area contributed by atoms with Crippen LogP contribution >= 0.6 is 11.8 Å². The molecule has 0 fully saturated rings. The standard InChI is InChI=1S/C13H12N4O3S2/c1-21-13-16-10(7-14)6-12(17-13)20-11-4-2-9(3-5-11)8-22(15,18)19/h2-6H,8H2,1H3,(H2,15,18,19). The van der Waals surface area contributed by atoms with Gasteiger partial charge in [0.15, 0.2) is 5.16 Å². The van der Waals surface area contributed by atoms with Crippen molar-refractivity contribution in [2.45, 2.75) is 10.9 Å². The van der Waals surface area contributed by atoms with Crippen LogP contribution in [0.4, 0.5) is 0 Å². The predicted molar refractivity (Wildman–Crippen MR) is 81.9 cm³/mol. The number of nitriles is 1. The van der Waals surface area contributed by atoms with Crippen LogP contribution in [-0.2, 0) is 15.8 Å². The highest BCUT2D eigenvalue weighted by molar-refractivity contribution is 7.98. The summed E-state index contributed by atoms with van der Waals surface area (Å²) in [5.41, 5.74) is 0.764. The molecule has 0 saturated heterocycles. The average Bonchev–Trinajstić information content (AvgIpc) is 2.47. The Morgan fingerprint density at radius 3 is 2.55 bits per heavy atom. The Kier molecular flexibility index (Phi) is 4.97. The average molecular weight is 336 g/mol.